The molecule has 0 bridgehead atoms. The molecular weight excluding hydrogens is 366 g/mol. The van der Waals surface area contributed by atoms with Gasteiger partial charge in [-0.1, -0.05) is 0 Å². The highest BCUT2D eigenvalue weighted by Crippen LogP contribution is 2.15. The molecule has 1 heterocycles. The second-order valence-electron chi connectivity index (χ2n) is 6.21. The van der Waals surface area contributed by atoms with Gasteiger partial charge in [0.1, 0.15) is 12.4 Å². The number of aromatic nitrogens is 2. The Kier molecular flexibility index (Phi) is 7.23. The molecule has 0 atom stereocenters. The Hall–Kier alpha value is -2.55. The van der Waals surface area contributed by atoms with Crippen LogP contribution in [-0.2, 0) is 23.4 Å². The summed E-state index contributed by atoms with van der Waals surface area (Å²) in [4.78, 5) is 6.88. The Morgan fingerprint density at radius 1 is 1.33 bits per heavy atom. The van der Waals surface area contributed by atoms with Crippen LogP contribution in [0.15, 0.2) is 46.5 Å². The first-order valence-corrected chi connectivity index (χ1v) is 10.6. The van der Waals surface area contributed by atoms with Crippen molar-refractivity contribution in [2.75, 3.05) is 33.0 Å². The number of aliphatic imine (C=N–C) groups is 1. The molecule has 2 aromatic rings. The third kappa shape index (κ3) is 6.59. The normalized spacial score (nSPS) is 12.1. The summed E-state index contributed by atoms with van der Waals surface area (Å²) in [6, 6.07) is 6.39. The van der Waals surface area contributed by atoms with Gasteiger partial charge in [-0.25, -0.2) is 13.4 Å². The number of rotatable bonds is 8. The highest BCUT2D eigenvalue weighted by molar-refractivity contribution is 7.90. The number of benzene rings is 1. The Bertz CT molecular complexity index is 859. The molecule has 1 N–H and O–H groups in total. The van der Waals surface area contributed by atoms with Crippen LogP contribution in [0.1, 0.15) is 12.5 Å². The summed E-state index contributed by atoms with van der Waals surface area (Å²) in [6.45, 7) is 4.37. The lowest BCUT2D eigenvalue weighted by Crippen LogP contribution is -2.38. The van der Waals surface area contributed by atoms with Crippen molar-refractivity contribution in [3.8, 4) is 5.75 Å². The quantitative estimate of drug-likeness (QED) is 0.413. The Morgan fingerprint density at radius 2 is 2.04 bits per heavy atom. The van der Waals surface area contributed by atoms with E-state index in [4.69, 9.17) is 4.74 Å². The van der Waals surface area contributed by atoms with Crippen LogP contribution in [0.25, 0.3) is 0 Å². The molecular formula is C18H27N5O3S. The van der Waals surface area contributed by atoms with Crippen LogP contribution in [-0.4, -0.2) is 62.1 Å². The predicted molar refractivity (Wildman–Crippen MR) is 106 cm³/mol. The van der Waals surface area contributed by atoms with Crippen molar-refractivity contribution in [3.05, 3.63) is 42.2 Å². The number of aryl methyl sites for hydroxylation is 1. The molecule has 27 heavy (non-hydrogen) atoms. The van der Waals surface area contributed by atoms with E-state index in [1.165, 1.54) is 6.26 Å². The Balaban J connectivity index is 1.88. The molecule has 0 unspecified atom stereocenters. The maximum atomic E-state index is 11.5. The van der Waals surface area contributed by atoms with E-state index in [2.05, 4.69) is 15.4 Å². The topological polar surface area (TPSA) is 88.8 Å². The summed E-state index contributed by atoms with van der Waals surface area (Å²) < 4.78 is 30.3. The highest BCUT2D eigenvalue weighted by Gasteiger charge is 2.08. The third-order valence-corrected chi connectivity index (χ3v) is 4.88. The summed E-state index contributed by atoms with van der Waals surface area (Å²) in [7, 11) is 0.670. The van der Waals surface area contributed by atoms with Gasteiger partial charge in [0.05, 0.1) is 17.6 Å². The van der Waals surface area contributed by atoms with Gasteiger partial charge in [-0.05, 0) is 31.2 Å². The van der Waals surface area contributed by atoms with Gasteiger partial charge in [-0.15, -0.1) is 0 Å². The number of ether oxygens (including phenoxy) is 1. The molecule has 0 saturated heterocycles. The SMILES string of the molecule is CCNC(=NCCOc1ccc(S(C)(=O)=O)cc1)N(C)Cc1cnn(C)c1. The van der Waals surface area contributed by atoms with E-state index in [1.807, 2.05) is 38.3 Å². The van der Waals surface area contributed by atoms with Crippen molar-refractivity contribution in [1.82, 2.24) is 20.0 Å². The number of sulfone groups is 1. The molecule has 0 saturated carbocycles. The van der Waals surface area contributed by atoms with E-state index in [0.29, 0.717) is 25.4 Å². The third-order valence-electron chi connectivity index (χ3n) is 3.75. The lowest BCUT2D eigenvalue weighted by molar-refractivity contribution is 0.327. The number of guanidine groups is 1. The van der Waals surface area contributed by atoms with Crippen LogP contribution in [0.3, 0.4) is 0 Å². The number of nitrogens with one attached hydrogen (secondary N) is 1. The van der Waals surface area contributed by atoms with Gasteiger partial charge in [0, 0.05) is 45.2 Å². The lowest BCUT2D eigenvalue weighted by atomic mass is 10.3. The fourth-order valence-corrected chi connectivity index (χ4v) is 3.10. The summed E-state index contributed by atoms with van der Waals surface area (Å²) in [5.74, 6) is 1.41. The molecule has 9 heteroatoms. The zero-order valence-electron chi connectivity index (χ0n) is 16.2. The fourth-order valence-electron chi connectivity index (χ4n) is 2.47. The van der Waals surface area contributed by atoms with Crippen LogP contribution in [0.4, 0.5) is 0 Å². The van der Waals surface area contributed by atoms with Crippen molar-refractivity contribution >= 4 is 15.8 Å². The molecule has 1 aromatic heterocycles. The van der Waals surface area contributed by atoms with Gasteiger partial charge in [0.25, 0.3) is 0 Å². The van der Waals surface area contributed by atoms with Gasteiger partial charge in [0.15, 0.2) is 15.8 Å². The fraction of sp³-hybridized carbons (Fsp3) is 0.444. The molecule has 0 aliphatic rings. The first kappa shape index (κ1) is 20.8. The first-order valence-electron chi connectivity index (χ1n) is 8.69. The molecule has 0 aliphatic heterocycles. The molecule has 2 rings (SSSR count). The average molecular weight is 394 g/mol. The summed E-state index contributed by atoms with van der Waals surface area (Å²) >= 11 is 0. The second-order valence-corrected chi connectivity index (χ2v) is 8.22. The molecule has 0 radical (unpaired) electrons. The lowest BCUT2D eigenvalue weighted by Gasteiger charge is -2.21. The highest BCUT2D eigenvalue weighted by atomic mass is 32.2. The van der Waals surface area contributed by atoms with Gasteiger partial charge in [-0.2, -0.15) is 5.10 Å². The van der Waals surface area contributed by atoms with E-state index in [0.717, 1.165) is 18.1 Å². The van der Waals surface area contributed by atoms with Crippen LogP contribution in [0.2, 0.25) is 0 Å². The van der Waals surface area contributed by atoms with E-state index in [-0.39, 0.29) is 4.90 Å². The zero-order chi connectivity index (χ0) is 19.9. The maximum absolute atomic E-state index is 11.5. The Labute approximate surface area is 160 Å². The summed E-state index contributed by atoms with van der Waals surface area (Å²) in [5, 5.41) is 7.44. The van der Waals surface area contributed by atoms with Gasteiger partial charge >= 0.3 is 0 Å². The number of nitrogens with zero attached hydrogens (tertiary/aromatic N) is 4. The van der Waals surface area contributed by atoms with Gasteiger partial charge < -0.3 is 15.0 Å². The molecule has 0 spiro atoms. The Morgan fingerprint density at radius 3 is 2.59 bits per heavy atom. The molecule has 0 amide bonds. The number of hydrogen-bond acceptors (Lipinski definition) is 5. The van der Waals surface area contributed by atoms with E-state index in [9.17, 15) is 8.42 Å². The smallest absolute Gasteiger partial charge is 0.194 e. The van der Waals surface area contributed by atoms with Crippen molar-refractivity contribution in [3.63, 3.8) is 0 Å². The monoisotopic (exact) mass is 393 g/mol. The molecule has 0 aliphatic carbocycles. The van der Waals surface area contributed by atoms with E-state index >= 15 is 0 Å². The van der Waals surface area contributed by atoms with Crippen molar-refractivity contribution in [2.24, 2.45) is 12.0 Å². The van der Waals surface area contributed by atoms with Crippen LogP contribution < -0.4 is 10.1 Å². The molecule has 8 nitrogen and oxygen atoms in total. The second kappa shape index (κ2) is 9.40. The first-order chi connectivity index (χ1) is 12.8. The average Bonchev–Trinajstić information content (AvgIpc) is 3.02. The predicted octanol–water partition coefficient (Wildman–Crippen LogP) is 1.30. The minimum Gasteiger partial charge on any atom is -0.492 e. The largest absolute Gasteiger partial charge is 0.492 e. The minimum atomic E-state index is -3.19. The summed E-state index contributed by atoms with van der Waals surface area (Å²) in [6.07, 6.45) is 4.99. The molecule has 1 aromatic carbocycles. The van der Waals surface area contributed by atoms with Crippen molar-refractivity contribution < 1.29 is 13.2 Å². The zero-order valence-corrected chi connectivity index (χ0v) is 17.0. The van der Waals surface area contributed by atoms with E-state index in [1.54, 1.807) is 28.9 Å². The summed E-state index contributed by atoms with van der Waals surface area (Å²) in [5.41, 5.74) is 1.10. The van der Waals surface area contributed by atoms with Crippen molar-refractivity contribution in [2.45, 2.75) is 18.4 Å². The van der Waals surface area contributed by atoms with Crippen LogP contribution in [0.5, 0.6) is 5.75 Å². The minimum absolute atomic E-state index is 0.277. The standard InChI is InChI=1S/C18H27N5O3S/c1-5-19-18(22(2)13-15-12-21-23(3)14-15)20-10-11-26-16-6-8-17(9-7-16)27(4,24)25/h6-9,12,14H,5,10-11,13H2,1-4H3,(H,19,20). The van der Waals surface area contributed by atoms with Gasteiger partial charge in [-0.3, -0.25) is 4.68 Å². The van der Waals surface area contributed by atoms with E-state index < -0.39 is 9.84 Å². The van der Waals surface area contributed by atoms with Crippen LogP contribution in [0, 0.1) is 0 Å². The molecule has 148 valence electrons. The van der Waals surface area contributed by atoms with Gasteiger partial charge in [0.2, 0.25) is 0 Å². The van der Waals surface area contributed by atoms with Crippen LogP contribution >= 0.6 is 0 Å². The van der Waals surface area contributed by atoms with Crippen molar-refractivity contribution in [1.29, 1.82) is 0 Å². The number of hydrogen-bond donors (Lipinski definition) is 1. The molecule has 0 fully saturated rings. The maximum Gasteiger partial charge on any atom is 0.194 e.